The smallest absolute Gasteiger partial charge is 0.0883 e. The maximum Gasteiger partial charge on any atom is 0.0883 e. The molecule has 2 heteroatoms. The first-order valence-electron chi connectivity index (χ1n) is 5.15. The summed E-state index contributed by atoms with van der Waals surface area (Å²) in [6, 6.07) is 0. The Morgan fingerprint density at radius 3 is 2.38 bits per heavy atom. The Balaban J connectivity index is 2.13. The van der Waals surface area contributed by atoms with E-state index in [2.05, 4.69) is 13.8 Å². The third-order valence-corrected chi connectivity index (χ3v) is 4.37. The summed E-state index contributed by atoms with van der Waals surface area (Å²) in [6.07, 6.45) is 1.97. The molecule has 0 aromatic carbocycles. The predicted molar refractivity (Wildman–Crippen MR) is 51.4 cm³/mol. The van der Waals surface area contributed by atoms with E-state index in [1.54, 1.807) is 7.11 Å². The molecular weight excluding hydrogens is 164 g/mol. The molecule has 0 aromatic rings. The second kappa shape index (κ2) is 2.48. The highest BCUT2D eigenvalue weighted by Gasteiger charge is 2.63. The zero-order valence-corrected chi connectivity index (χ0v) is 9.00. The molecule has 0 amide bonds. The lowest BCUT2D eigenvalue weighted by molar-refractivity contribution is -0.107. The van der Waals surface area contributed by atoms with Gasteiger partial charge in [0.2, 0.25) is 0 Å². The monoisotopic (exact) mass is 184 g/mol. The molecule has 2 aliphatic rings. The first-order chi connectivity index (χ1) is 5.89. The van der Waals surface area contributed by atoms with Gasteiger partial charge in [0.15, 0.2) is 0 Å². The second-order valence-electron chi connectivity index (χ2n) is 5.56. The minimum atomic E-state index is -0.607. The van der Waals surface area contributed by atoms with Gasteiger partial charge in [-0.2, -0.15) is 0 Å². The predicted octanol–water partition coefficient (Wildman–Crippen LogP) is 1.82. The van der Waals surface area contributed by atoms with E-state index in [4.69, 9.17) is 4.74 Å². The Morgan fingerprint density at radius 2 is 1.85 bits per heavy atom. The standard InChI is InChI=1S/C11H20O2/c1-10(2)7-5-9(13-4)11(3,12)6-8(7)10/h7-9,12H,5-6H2,1-4H3/t7-,8+,9-,11+/m1/s1. The van der Waals surface area contributed by atoms with Gasteiger partial charge < -0.3 is 9.84 Å². The zero-order valence-electron chi connectivity index (χ0n) is 9.00. The van der Waals surface area contributed by atoms with E-state index in [1.807, 2.05) is 6.92 Å². The highest BCUT2D eigenvalue weighted by Crippen LogP contribution is 2.66. The number of fused-ring (bicyclic) bond motifs is 1. The maximum atomic E-state index is 10.1. The number of rotatable bonds is 1. The van der Waals surface area contributed by atoms with E-state index >= 15 is 0 Å². The Hall–Kier alpha value is -0.0800. The molecule has 2 aliphatic carbocycles. The van der Waals surface area contributed by atoms with E-state index in [0.29, 0.717) is 11.3 Å². The molecule has 0 saturated heterocycles. The third-order valence-electron chi connectivity index (χ3n) is 4.37. The van der Waals surface area contributed by atoms with Gasteiger partial charge in [0.1, 0.15) is 0 Å². The summed E-state index contributed by atoms with van der Waals surface area (Å²) in [7, 11) is 1.70. The molecule has 13 heavy (non-hydrogen) atoms. The molecule has 2 nitrogen and oxygen atoms in total. The van der Waals surface area contributed by atoms with E-state index in [1.165, 1.54) is 0 Å². The number of ether oxygens (including phenoxy) is 1. The highest BCUT2D eigenvalue weighted by molar-refractivity contribution is 5.13. The van der Waals surface area contributed by atoms with Gasteiger partial charge in [0.05, 0.1) is 11.7 Å². The normalized spacial score (nSPS) is 52.8. The first kappa shape index (κ1) is 9.47. The number of hydrogen-bond donors (Lipinski definition) is 1. The molecule has 0 radical (unpaired) electrons. The van der Waals surface area contributed by atoms with Gasteiger partial charge in [-0.1, -0.05) is 13.8 Å². The lowest BCUT2D eigenvalue weighted by Crippen LogP contribution is -2.43. The van der Waals surface area contributed by atoms with Crippen LogP contribution in [-0.4, -0.2) is 23.9 Å². The van der Waals surface area contributed by atoms with Crippen LogP contribution in [0.1, 0.15) is 33.6 Å². The lowest BCUT2D eigenvalue weighted by Gasteiger charge is -2.35. The van der Waals surface area contributed by atoms with Gasteiger partial charge in [0, 0.05) is 7.11 Å². The number of hydrogen-bond acceptors (Lipinski definition) is 2. The lowest BCUT2D eigenvalue weighted by atomic mass is 9.84. The van der Waals surface area contributed by atoms with Gasteiger partial charge in [0.25, 0.3) is 0 Å². The molecule has 0 unspecified atom stereocenters. The van der Waals surface area contributed by atoms with E-state index in [-0.39, 0.29) is 6.10 Å². The SMILES string of the molecule is CO[C@@H]1C[C@@H]2[C@H](C[C@]1(C)O)C2(C)C. The minimum Gasteiger partial charge on any atom is -0.387 e. The van der Waals surface area contributed by atoms with Crippen LogP contribution >= 0.6 is 0 Å². The molecule has 2 saturated carbocycles. The molecule has 2 rings (SSSR count). The Bertz CT molecular complexity index is 220. The minimum absolute atomic E-state index is 0.0375. The van der Waals surface area contributed by atoms with Crippen LogP contribution in [0.25, 0.3) is 0 Å². The van der Waals surface area contributed by atoms with Crippen molar-refractivity contribution >= 4 is 0 Å². The zero-order chi connectivity index (χ0) is 9.85. The Morgan fingerprint density at radius 1 is 1.23 bits per heavy atom. The summed E-state index contributed by atoms with van der Waals surface area (Å²) >= 11 is 0. The van der Waals surface area contributed by atoms with Crippen molar-refractivity contribution in [3.63, 3.8) is 0 Å². The number of methoxy groups -OCH3 is 1. The molecule has 76 valence electrons. The topological polar surface area (TPSA) is 29.5 Å². The van der Waals surface area contributed by atoms with Crippen molar-refractivity contribution in [1.82, 2.24) is 0 Å². The molecule has 0 heterocycles. The fourth-order valence-electron chi connectivity index (χ4n) is 3.14. The van der Waals surface area contributed by atoms with Crippen LogP contribution in [0.3, 0.4) is 0 Å². The average molecular weight is 184 g/mol. The fraction of sp³-hybridized carbons (Fsp3) is 1.00. The van der Waals surface area contributed by atoms with Crippen LogP contribution in [0.2, 0.25) is 0 Å². The summed E-state index contributed by atoms with van der Waals surface area (Å²) in [5.41, 5.74) is -0.166. The summed E-state index contributed by atoms with van der Waals surface area (Å²) in [5.74, 6) is 1.49. The quantitative estimate of drug-likeness (QED) is 0.673. The maximum absolute atomic E-state index is 10.1. The van der Waals surface area contributed by atoms with Crippen molar-refractivity contribution in [3.05, 3.63) is 0 Å². The highest BCUT2D eigenvalue weighted by atomic mass is 16.5. The van der Waals surface area contributed by atoms with E-state index in [9.17, 15) is 5.11 Å². The second-order valence-corrected chi connectivity index (χ2v) is 5.56. The first-order valence-corrected chi connectivity index (χ1v) is 5.15. The van der Waals surface area contributed by atoms with Crippen molar-refractivity contribution in [2.45, 2.75) is 45.3 Å². The summed E-state index contributed by atoms with van der Waals surface area (Å²) in [4.78, 5) is 0. The summed E-state index contributed by atoms with van der Waals surface area (Å²) in [5, 5.41) is 10.1. The van der Waals surface area contributed by atoms with Gasteiger partial charge in [-0.15, -0.1) is 0 Å². The van der Waals surface area contributed by atoms with Crippen molar-refractivity contribution in [3.8, 4) is 0 Å². The van der Waals surface area contributed by atoms with Gasteiger partial charge >= 0.3 is 0 Å². The molecule has 0 aromatic heterocycles. The van der Waals surface area contributed by atoms with Gasteiger partial charge in [-0.25, -0.2) is 0 Å². The van der Waals surface area contributed by atoms with E-state index < -0.39 is 5.60 Å². The molecular formula is C11H20O2. The Labute approximate surface area is 80.3 Å². The number of aliphatic hydroxyl groups is 1. The van der Waals surface area contributed by atoms with Gasteiger partial charge in [-0.05, 0) is 37.0 Å². The van der Waals surface area contributed by atoms with Crippen molar-refractivity contribution in [1.29, 1.82) is 0 Å². The summed E-state index contributed by atoms with van der Waals surface area (Å²) in [6.45, 7) is 6.51. The van der Waals surface area contributed by atoms with Crippen LogP contribution in [0.5, 0.6) is 0 Å². The van der Waals surface area contributed by atoms with Crippen LogP contribution < -0.4 is 0 Å². The molecule has 2 fully saturated rings. The molecule has 1 N–H and O–H groups in total. The van der Waals surface area contributed by atoms with Crippen molar-refractivity contribution < 1.29 is 9.84 Å². The van der Waals surface area contributed by atoms with Crippen molar-refractivity contribution in [2.75, 3.05) is 7.11 Å². The van der Waals surface area contributed by atoms with E-state index in [0.717, 1.165) is 18.8 Å². The largest absolute Gasteiger partial charge is 0.387 e. The van der Waals surface area contributed by atoms with Crippen LogP contribution in [0.15, 0.2) is 0 Å². The Kier molecular flexibility index (Phi) is 1.81. The third kappa shape index (κ3) is 1.23. The van der Waals surface area contributed by atoms with Crippen LogP contribution in [0, 0.1) is 17.3 Å². The van der Waals surface area contributed by atoms with Crippen LogP contribution in [-0.2, 0) is 4.74 Å². The molecule has 0 aliphatic heterocycles. The molecule has 0 spiro atoms. The molecule has 4 atom stereocenters. The fourth-order valence-corrected chi connectivity index (χ4v) is 3.14. The molecule has 0 bridgehead atoms. The van der Waals surface area contributed by atoms with Crippen molar-refractivity contribution in [2.24, 2.45) is 17.3 Å². The van der Waals surface area contributed by atoms with Crippen LogP contribution in [0.4, 0.5) is 0 Å². The van der Waals surface area contributed by atoms with Gasteiger partial charge in [-0.3, -0.25) is 0 Å². The summed E-state index contributed by atoms with van der Waals surface area (Å²) < 4.78 is 5.35. The average Bonchev–Trinajstić information content (AvgIpc) is 2.50.